The molecule has 0 amide bonds. The van der Waals surface area contributed by atoms with Crippen molar-refractivity contribution in [3.63, 3.8) is 0 Å². The van der Waals surface area contributed by atoms with Crippen molar-refractivity contribution in [1.29, 1.82) is 0 Å². The molecule has 0 aliphatic rings. The van der Waals surface area contributed by atoms with Crippen LogP contribution in [0.5, 0.6) is 5.75 Å². The summed E-state index contributed by atoms with van der Waals surface area (Å²) in [4.78, 5) is 4.09. The topological polar surface area (TPSA) is 48.1 Å². The molecule has 3 heteroatoms. The van der Waals surface area contributed by atoms with Gasteiger partial charge in [-0.25, -0.2) is 0 Å². The minimum Gasteiger partial charge on any atom is -0.494 e. The van der Waals surface area contributed by atoms with E-state index in [0.717, 1.165) is 23.4 Å². The van der Waals surface area contributed by atoms with Crippen molar-refractivity contribution in [3.05, 3.63) is 53.9 Å². The second-order valence-corrected chi connectivity index (χ2v) is 3.83. The van der Waals surface area contributed by atoms with Crippen molar-refractivity contribution < 1.29 is 4.74 Å². The smallest absolute Gasteiger partial charge is 0.119 e. The first-order chi connectivity index (χ1) is 8.29. The molecule has 0 aliphatic carbocycles. The number of anilines is 1. The van der Waals surface area contributed by atoms with Crippen molar-refractivity contribution in [3.8, 4) is 5.75 Å². The Bertz CT molecular complexity index is 497. The number of nitrogen functional groups attached to an aromatic ring is 1. The van der Waals surface area contributed by atoms with E-state index in [0.29, 0.717) is 6.61 Å². The zero-order chi connectivity index (χ0) is 12.1. The summed E-state index contributed by atoms with van der Waals surface area (Å²) in [7, 11) is 0. The molecule has 88 valence electrons. The summed E-state index contributed by atoms with van der Waals surface area (Å²) in [6.07, 6.45) is 4.29. The van der Waals surface area contributed by atoms with Gasteiger partial charge in [0, 0.05) is 24.5 Å². The van der Waals surface area contributed by atoms with Gasteiger partial charge in [0.15, 0.2) is 0 Å². The number of nitrogens with zero attached hydrogens (tertiary/aromatic N) is 1. The number of nitrogens with two attached hydrogens (primary N) is 1. The predicted molar refractivity (Wildman–Crippen MR) is 69.1 cm³/mol. The third-order valence-corrected chi connectivity index (χ3v) is 2.55. The second kappa shape index (κ2) is 5.34. The number of aromatic nitrogens is 1. The Morgan fingerprint density at radius 1 is 1.29 bits per heavy atom. The highest BCUT2D eigenvalue weighted by atomic mass is 16.5. The van der Waals surface area contributed by atoms with Gasteiger partial charge in [-0.1, -0.05) is 12.1 Å². The summed E-state index contributed by atoms with van der Waals surface area (Å²) in [5, 5.41) is 0. The largest absolute Gasteiger partial charge is 0.494 e. The summed E-state index contributed by atoms with van der Waals surface area (Å²) in [6, 6.07) is 9.87. The molecular weight excluding hydrogens is 212 g/mol. The molecular formula is C14H16N2O. The standard InChI is InChI=1S/C14H16N2O/c1-2-17-13-5-3-4-11(9-13)8-12-10-16-7-6-14(12)15/h3-7,9-10H,2,8H2,1H3,(H2,15,16). The Morgan fingerprint density at radius 3 is 2.94 bits per heavy atom. The van der Waals surface area contributed by atoms with Crippen molar-refractivity contribution >= 4 is 5.69 Å². The predicted octanol–water partition coefficient (Wildman–Crippen LogP) is 2.65. The van der Waals surface area contributed by atoms with E-state index in [1.807, 2.05) is 37.4 Å². The Morgan fingerprint density at radius 2 is 2.18 bits per heavy atom. The zero-order valence-corrected chi connectivity index (χ0v) is 9.89. The van der Waals surface area contributed by atoms with Crippen LogP contribution in [0.4, 0.5) is 5.69 Å². The summed E-state index contributed by atoms with van der Waals surface area (Å²) >= 11 is 0. The molecule has 1 aromatic carbocycles. The summed E-state index contributed by atoms with van der Waals surface area (Å²) in [5.74, 6) is 0.896. The van der Waals surface area contributed by atoms with Crippen molar-refractivity contribution in [2.75, 3.05) is 12.3 Å². The van der Waals surface area contributed by atoms with Crippen LogP contribution in [0.3, 0.4) is 0 Å². The van der Waals surface area contributed by atoms with E-state index in [1.54, 1.807) is 6.20 Å². The van der Waals surface area contributed by atoms with E-state index in [4.69, 9.17) is 10.5 Å². The minimum absolute atomic E-state index is 0.679. The van der Waals surface area contributed by atoms with Crippen molar-refractivity contribution in [2.45, 2.75) is 13.3 Å². The molecule has 2 N–H and O–H groups in total. The molecule has 0 spiro atoms. The van der Waals surface area contributed by atoms with Crippen LogP contribution < -0.4 is 10.5 Å². The van der Waals surface area contributed by atoms with E-state index in [1.165, 1.54) is 5.56 Å². The SMILES string of the molecule is CCOc1cccc(Cc2cnccc2N)c1. The van der Waals surface area contributed by atoms with E-state index in [-0.39, 0.29) is 0 Å². The molecule has 2 rings (SSSR count). The van der Waals surface area contributed by atoms with Gasteiger partial charge < -0.3 is 10.5 Å². The van der Waals surface area contributed by atoms with Crippen LogP contribution in [-0.4, -0.2) is 11.6 Å². The molecule has 0 aliphatic heterocycles. The summed E-state index contributed by atoms with van der Waals surface area (Å²) < 4.78 is 5.47. The molecule has 2 aromatic rings. The van der Waals surface area contributed by atoms with E-state index < -0.39 is 0 Å². The van der Waals surface area contributed by atoms with Gasteiger partial charge in [0.25, 0.3) is 0 Å². The Balaban J connectivity index is 2.18. The minimum atomic E-state index is 0.679. The first kappa shape index (κ1) is 11.5. The van der Waals surface area contributed by atoms with Gasteiger partial charge in [-0.05, 0) is 36.2 Å². The first-order valence-corrected chi connectivity index (χ1v) is 5.69. The van der Waals surface area contributed by atoms with Crippen LogP contribution in [0.15, 0.2) is 42.7 Å². The Labute approximate surface area is 101 Å². The summed E-state index contributed by atoms with van der Waals surface area (Å²) in [5.41, 5.74) is 8.89. The fourth-order valence-electron chi connectivity index (χ4n) is 1.72. The van der Waals surface area contributed by atoms with Crippen LogP contribution in [0, 0.1) is 0 Å². The van der Waals surface area contributed by atoms with Gasteiger partial charge >= 0.3 is 0 Å². The summed E-state index contributed by atoms with van der Waals surface area (Å²) in [6.45, 7) is 2.66. The molecule has 0 saturated heterocycles. The quantitative estimate of drug-likeness (QED) is 0.875. The maximum Gasteiger partial charge on any atom is 0.119 e. The van der Waals surface area contributed by atoms with Gasteiger partial charge in [0.2, 0.25) is 0 Å². The maximum atomic E-state index is 5.89. The lowest BCUT2D eigenvalue weighted by atomic mass is 10.1. The lowest BCUT2D eigenvalue weighted by molar-refractivity contribution is 0.340. The molecule has 17 heavy (non-hydrogen) atoms. The first-order valence-electron chi connectivity index (χ1n) is 5.69. The van der Waals surface area contributed by atoms with Gasteiger partial charge in [-0.15, -0.1) is 0 Å². The highest BCUT2D eigenvalue weighted by Crippen LogP contribution is 2.18. The molecule has 0 fully saturated rings. The van der Waals surface area contributed by atoms with Gasteiger partial charge in [-0.3, -0.25) is 4.98 Å². The van der Waals surface area contributed by atoms with E-state index in [2.05, 4.69) is 11.1 Å². The van der Waals surface area contributed by atoms with Crippen molar-refractivity contribution in [1.82, 2.24) is 4.98 Å². The number of rotatable bonds is 4. The van der Waals surface area contributed by atoms with Crippen LogP contribution >= 0.6 is 0 Å². The molecule has 0 radical (unpaired) electrons. The normalized spacial score (nSPS) is 10.2. The molecule has 0 atom stereocenters. The number of ether oxygens (including phenoxy) is 1. The average molecular weight is 228 g/mol. The van der Waals surface area contributed by atoms with Crippen LogP contribution in [-0.2, 0) is 6.42 Å². The number of pyridine rings is 1. The van der Waals surface area contributed by atoms with Crippen LogP contribution in [0.1, 0.15) is 18.1 Å². The molecule has 1 aromatic heterocycles. The van der Waals surface area contributed by atoms with Crippen LogP contribution in [0.25, 0.3) is 0 Å². The molecule has 0 bridgehead atoms. The third-order valence-electron chi connectivity index (χ3n) is 2.55. The molecule has 0 saturated carbocycles. The number of benzene rings is 1. The maximum absolute atomic E-state index is 5.89. The molecule has 1 heterocycles. The lowest BCUT2D eigenvalue weighted by Crippen LogP contribution is -1.97. The number of hydrogen-bond acceptors (Lipinski definition) is 3. The van der Waals surface area contributed by atoms with Gasteiger partial charge in [0.1, 0.15) is 5.75 Å². The Kier molecular flexibility index (Phi) is 3.60. The van der Waals surface area contributed by atoms with Crippen LogP contribution in [0.2, 0.25) is 0 Å². The van der Waals surface area contributed by atoms with Gasteiger partial charge in [-0.2, -0.15) is 0 Å². The highest BCUT2D eigenvalue weighted by Gasteiger charge is 2.02. The number of hydrogen-bond donors (Lipinski definition) is 1. The fourth-order valence-corrected chi connectivity index (χ4v) is 1.72. The monoisotopic (exact) mass is 228 g/mol. The average Bonchev–Trinajstić information content (AvgIpc) is 2.33. The van der Waals surface area contributed by atoms with Crippen molar-refractivity contribution in [2.24, 2.45) is 0 Å². The fraction of sp³-hybridized carbons (Fsp3) is 0.214. The van der Waals surface area contributed by atoms with E-state index in [9.17, 15) is 0 Å². The third kappa shape index (κ3) is 2.97. The molecule has 3 nitrogen and oxygen atoms in total. The Hall–Kier alpha value is -2.03. The lowest BCUT2D eigenvalue weighted by Gasteiger charge is -2.07. The highest BCUT2D eigenvalue weighted by molar-refractivity contribution is 5.47. The van der Waals surface area contributed by atoms with E-state index >= 15 is 0 Å². The van der Waals surface area contributed by atoms with Gasteiger partial charge in [0.05, 0.1) is 6.61 Å². The molecule has 0 unspecified atom stereocenters. The second-order valence-electron chi connectivity index (χ2n) is 3.83. The zero-order valence-electron chi connectivity index (χ0n) is 9.89.